The Hall–Kier alpha value is -1.54. The van der Waals surface area contributed by atoms with E-state index in [1.165, 1.54) is 10.9 Å². The van der Waals surface area contributed by atoms with Crippen LogP contribution in [0, 0.1) is 0 Å². The number of fused-ring (bicyclic) bond motifs is 1. The Morgan fingerprint density at radius 2 is 1.75 bits per heavy atom. The quantitative estimate of drug-likeness (QED) is 0.857. The zero-order chi connectivity index (χ0) is 10.7. The summed E-state index contributed by atoms with van der Waals surface area (Å²) in [5, 5.41) is 2.40. The van der Waals surface area contributed by atoms with Gasteiger partial charge in [0.05, 0.1) is 7.11 Å². The van der Waals surface area contributed by atoms with Gasteiger partial charge in [-0.05, 0) is 30.0 Å². The Balaban J connectivity index is 0.00000128. The van der Waals surface area contributed by atoms with Gasteiger partial charge < -0.3 is 10.5 Å². The van der Waals surface area contributed by atoms with E-state index in [4.69, 9.17) is 10.5 Å². The molecule has 86 valence electrons. The van der Waals surface area contributed by atoms with E-state index in [0.717, 1.165) is 17.6 Å². The maximum atomic E-state index is 5.59. The van der Waals surface area contributed by atoms with Gasteiger partial charge in [0.25, 0.3) is 0 Å². The minimum atomic E-state index is 0. The van der Waals surface area contributed by atoms with E-state index in [1.54, 1.807) is 7.11 Å². The van der Waals surface area contributed by atoms with Crippen molar-refractivity contribution in [2.24, 2.45) is 5.73 Å². The van der Waals surface area contributed by atoms with Crippen LogP contribution in [-0.4, -0.2) is 13.7 Å². The molecular formula is C14H19NO. The Labute approximate surface area is 97.0 Å². The van der Waals surface area contributed by atoms with E-state index in [9.17, 15) is 0 Å². The summed E-state index contributed by atoms with van der Waals surface area (Å²) < 4.78 is 5.33. The van der Waals surface area contributed by atoms with Crippen LogP contribution in [0.25, 0.3) is 10.8 Å². The number of nitrogens with two attached hydrogens (primary N) is 1. The highest BCUT2D eigenvalue weighted by Gasteiger charge is 2.04. The van der Waals surface area contributed by atoms with Crippen molar-refractivity contribution in [3.05, 3.63) is 42.0 Å². The van der Waals surface area contributed by atoms with Crippen LogP contribution in [0.15, 0.2) is 36.4 Å². The summed E-state index contributed by atoms with van der Waals surface area (Å²) in [5.41, 5.74) is 6.88. The summed E-state index contributed by atoms with van der Waals surface area (Å²) in [6, 6.07) is 12.4. The third-order valence-electron chi connectivity index (χ3n) is 2.61. The SMILES string of the molecule is C.COc1ccc(CCN)c2ccccc12. The van der Waals surface area contributed by atoms with Crippen LogP contribution in [0.1, 0.15) is 13.0 Å². The fraction of sp³-hybridized carbons (Fsp3) is 0.286. The number of ether oxygens (including phenoxy) is 1. The van der Waals surface area contributed by atoms with Crippen molar-refractivity contribution in [1.82, 2.24) is 0 Å². The molecule has 2 aromatic rings. The van der Waals surface area contributed by atoms with Gasteiger partial charge in [-0.1, -0.05) is 37.8 Å². The molecule has 2 rings (SSSR count). The lowest BCUT2D eigenvalue weighted by atomic mass is 10.0. The first-order valence-corrected chi connectivity index (χ1v) is 5.11. The first-order chi connectivity index (χ1) is 7.36. The number of hydrogen-bond acceptors (Lipinski definition) is 2. The summed E-state index contributed by atoms with van der Waals surface area (Å²) in [6.45, 7) is 0.677. The van der Waals surface area contributed by atoms with E-state index in [1.807, 2.05) is 18.2 Å². The van der Waals surface area contributed by atoms with Crippen molar-refractivity contribution >= 4 is 10.8 Å². The largest absolute Gasteiger partial charge is 0.496 e. The maximum Gasteiger partial charge on any atom is 0.126 e. The number of hydrogen-bond donors (Lipinski definition) is 1. The van der Waals surface area contributed by atoms with E-state index in [-0.39, 0.29) is 7.43 Å². The predicted molar refractivity (Wildman–Crippen MR) is 70.0 cm³/mol. The van der Waals surface area contributed by atoms with Crippen LogP contribution in [0.5, 0.6) is 5.75 Å². The highest BCUT2D eigenvalue weighted by atomic mass is 16.5. The summed E-state index contributed by atoms with van der Waals surface area (Å²) in [7, 11) is 1.70. The summed E-state index contributed by atoms with van der Waals surface area (Å²) >= 11 is 0. The van der Waals surface area contributed by atoms with E-state index < -0.39 is 0 Å². The van der Waals surface area contributed by atoms with Crippen LogP contribution in [0.2, 0.25) is 0 Å². The van der Waals surface area contributed by atoms with Gasteiger partial charge in [0.2, 0.25) is 0 Å². The molecule has 0 aliphatic rings. The van der Waals surface area contributed by atoms with Crippen LogP contribution in [0.4, 0.5) is 0 Å². The van der Waals surface area contributed by atoms with Crippen molar-refractivity contribution in [3.8, 4) is 5.75 Å². The first kappa shape index (κ1) is 12.5. The zero-order valence-corrected chi connectivity index (χ0v) is 8.86. The molecule has 0 bridgehead atoms. The number of rotatable bonds is 3. The van der Waals surface area contributed by atoms with E-state index in [0.29, 0.717) is 6.54 Å². The molecule has 2 aromatic carbocycles. The van der Waals surface area contributed by atoms with Gasteiger partial charge in [0.15, 0.2) is 0 Å². The van der Waals surface area contributed by atoms with Gasteiger partial charge in [0.1, 0.15) is 5.75 Å². The highest BCUT2D eigenvalue weighted by Crippen LogP contribution is 2.28. The average molecular weight is 217 g/mol. The Kier molecular flexibility index (Phi) is 4.32. The van der Waals surface area contributed by atoms with Crippen molar-refractivity contribution in [2.45, 2.75) is 13.8 Å². The van der Waals surface area contributed by atoms with Crippen LogP contribution >= 0.6 is 0 Å². The third kappa shape index (κ3) is 2.17. The molecule has 0 amide bonds. The second-order valence-corrected chi connectivity index (χ2v) is 3.51. The molecule has 0 aliphatic carbocycles. The molecule has 0 spiro atoms. The average Bonchev–Trinajstić information content (AvgIpc) is 2.30. The second-order valence-electron chi connectivity index (χ2n) is 3.51. The molecule has 2 nitrogen and oxygen atoms in total. The van der Waals surface area contributed by atoms with E-state index in [2.05, 4.69) is 18.2 Å². The molecular weight excluding hydrogens is 198 g/mol. The smallest absolute Gasteiger partial charge is 0.126 e. The van der Waals surface area contributed by atoms with E-state index >= 15 is 0 Å². The molecule has 0 heterocycles. The van der Waals surface area contributed by atoms with Gasteiger partial charge in [-0.3, -0.25) is 0 Å². The van der Waals surface area contributed by atoms with Crippen LogP contribution in [0.3, 0.4) is 0 Å². The molecule has 0 atom stereocenters. The van der Waals surface area contributed by atoms with Crippen LogP contribution in [-0.2, 0) is 6.42 Å². The van der Waals surface area contributed by atoms with Gasteiger partial charge in [-0.15, -0.1) is 0 Å². The molecule has 16 heavy (non-hydrogen) atoms. The second kappa shape index (κ2) is 5.52. The predicted octanol–water partition coefficient (Wildman–Crippen LogP) is 2.99. The maximum absolute atomic E-state index is 5.59. The minimum Gasteiger partial charge on any atom is -0.496 e. The number of methoxy groups -OCH3 is 1. The van der Waals surface area contributed by atoms with Gasteiger partial charge in [0, 0.05) is 5.39 Å². The lowest BCUT2D eigenvalue weighted by Gasteiger charge is -2.09. The molecule has 0 saturated heterocycles. The Morgan fingerprint density at radius 1 is 1.06 bits per heavy atom. The Morgan fingerprint density at radius 3 is 2.38 bits per heavy atom. The van der Waals surface area contributed by atoms with Gasteiger partial charge >= 0.3 is 0 Å². The molecule has 0 saturated carbocycles. The van der Waals surface area contributed by atoms with Crippen molar-refractivity contribution in [2.75, 3.05) is 13.7 Å². The molecule has 0 unspecified atom stereocenters. The minimum absolute atomic E-state index is 0. The van der Waals surface area contributed by atoms with Crippen molar-refractivity contribution < 1.29 is 4.74 Å². The third-order valence-corrected chi connectivity index (χ3v) is 2.61. The lowest BCUT2D eigenvalue weighted by molar-refractivity contribution is 0.419. The first-order valence-electron chi connectivity index (χ1n) is 5.11. The highest BCUT2D eigenvalue weighted by molar-refractivity contribution is 5.91. The fourth-order valence-electron chi connectivity index (χ4n) is 1.89. The molecule has 0 fully saturated rings. The molecule has 0 aliphatic heterocycles. The summed E-state index contributed by atoms with van der Waals surface area (Å²) in [6.07, 6.45) is 0.907. The summed E-state index contributed by atoms with van der Waals surface area (Å²) in [5.74, 6) is 0.923. The molecule has 0 radical (unpaired) electrons. The Bertz CT molecular complexity index is 465. The normalized spacial score (nSPS) is 9.88. The summed E-state index contributed by atoms with van der Waals surface area (Å²) in [4.78, 5) is 0. The lowest BCUT2D eigenvalue weighted by Crippen LogP contribution is -2.03. The van der Waals surface area contributed by atoms with Gasteiger partial charge in [-0.25, -0.2) is 0 Å². The molecule has 2 heteroatoms. The molecule has 0 aromatic heterocycles. The van der Waals surface area contributed by atoms with Crippen molar-refractivity contribution in [1.29, 1.82) is 0 Å². The van der Waals surface area contributed by atoms with Crippen LogP contribution < -0.4 is 10.5 Å². The number of benzene rings is 2. The monoisotopic (exact) mass is 217 g/mol. The fourth-order valence-corrected chi connectivity index (χ4v) is 1.89. The standard InChI is InChI=1S/C13H15NO.CH4/c1-15-13-7-6-10(8-9-14)11-4-2-3-5-12(11)13;/h2-7H,8-9,14H2,1H3;1H4. The molecule has 2 N–H and O–H groups in total. The topological polar surface area (TPSA) is 35.2 Å². The van der Waals surface area contributed by atoms with Crippen molar-refractivity contribution in [3.63, 3.8) is 0 Å². The van der Waals surface area contributed by atoms with Gasteiger partial charge in [-0.2, -0.15) is 0 Å². The zero-order valence-electron chi connectivity index (χ0n) is 8.86.